The predicted molar refractivity (Wildman–Crippen MR) is 76.2 cm³/mol. The van der Waals surface area contributed by atoms with E-state index in [4.69, 9.17) is 0 Å². The van der Waals surface area contributed by atoms with Crippen molar-refractivity contribution in [2.24, 2.45) is 5.10 Å². The molecule has 0 aliphatic rings. The lowest BCUT2D eigenvalue weighted by atomic mass is 10.1. The van der Waals surface area contributed by atoms with Gasteiger partial charge in [0.2, 0.25) is 5.95 Å². The van der Waals surface area contributed by atoms with Gasteiger partial charge in [0.15, 0.2) is 0 Å². The van der Waals surface area contributed by atoms with E-state index in [9.17, 15) is 9.90 Å². The Hall–Kier alpha value is -2.70. The molecular weight excluding hydrogens is 258 g/mol. The van der Waals surface area contributed by atoms with Crippen molar-refractivity contribution in [1.29, 1.82) is 0 Å². The van der Waals surface area contributed by atoms with E-state index >= 15 is 0 Å². The minimum atomic E-state index is -0.311. The highest BCUT2D eigenvalue weighted by atomic mass is 16.3. The van der Waals surface area contributed by atoms with E-state index in [2.05, 4.69) is 25.7 Å². The number of rotatable bonds is 3. The average molecular weight is 273 g/mol. The molecule has 0 spiro atoms. The van der Waals surface area contributed by atoms with Crippen LogP contribution in [0.3, 0.4) is 0 Å². The Morgan fingerprint density at radius 3 is 2.50 bits per heavy atom. The SMILES string of the molecule is Cc1cc(/C=N/Nc2nnc(C)c(=O)[nH]2)cc(C)c1O. The molecule has 20 heavy (non-hydrogen) atoms. The molecule has 0 radical (unpaired) electrons. The molecule has 2 rings (SSSR count). The van der Waals surface area contributed by atoms with Gasteiger partial charge in [-0.3, -0.25) is 9.78 Å². The van der Waals surface area contributed by atoms with Crippen molar-refractivity contribution >= 4 is 12.2 Å². The molecule has 0 aliphatic carbocycles. The van der Waals surface area contributed by atoms with Crippen LogP contribution >= 0.6 is 0 Å². The molecule has 7 heteroatoms. The summed E-state index contributed by atoms with van der Waals surface area (Å²) >= 11 is 0. The Morgan fingerprint density at radius 1 is 1.25 bits per heavy atom. The maximum absolute atomic E-state index is 11.3. The zero-order valence-electron chi connectivity index (χ0n) is 11.4. The fraction of sp³-hybridized carbons (Fsp3) is 0.231. The number of nitrogens with zero attached hydrogens (tertiary/aromatic N) is 3. The molecule has 3 N–H and O–H groups in total. The highest BCUT2D eigenvalue weighted by molar-refractivity contribution is 5.81. The van der Waals surface area contributed by atoms with Crippen molar-refractivity contribution in [3.8, 4) is 5.75 Å². The number of hydrogen-bond acceptors (Lipinski definition) is 6. The van der Waals surface area contributed by atoms with Crippen molar-refractivity contribution in [1.82, 2.24) is 15.2 Å². The summed E-state index contributed by atoms with van der Waals surface area (Å²) in [7, 11) is 0. The molecule has 0 atom stereocenters. The second kappa shape index (κ2) is 5.52. The highest BCUT2D eigenvalue weighted by Gasteiger charge is 2.02. The minimum absolute atomic E-state index is 0.170. The zero-order chi connectivity index (χ0) is 14.7. The van der Waals surface area contributed by atoms with Crippen LogP contribution in [0.4, 0.5) is 5.95 Å². The van der Waals surface area contributed by atoms with Crippen LogP contribution in [0.5, 0.6) is 5.75 Å². The molecule has 0 saturated carbocycles. The Labute approximate surface area is 115 Å². The largest absolute Gasteiger partial charge is 0.507 e. The first-order valence-corrected chi connectivity index (χ1v) is 6.00. The number of aromatic nitrogens is 3. The molecule has 0 saturated heterocycles. The molecule has 0 bridgehead atoms. The van der Waals surface area contributed by atoms with Gasteiger partial charge in [-0.2, -0.15) is 5.10 Å². The molecule has 104 valence electrons. The molecular formula is C13H15N5O2. The Bertz CT molecular complexity index is 698. The van der Waals surface area contributed by atoms with E-state index in [0.717, 1.165) is 16.7 Å². The van der Waals surface area contributed by atoms with Gasteiger partial charge >= 0.3 is 0 Å². The van der Waals surface area contributed by atoms with E-state index in [0.29, 0.717) is 5.69 Å². The first-order valence-electron chi connectivity index (χ1n) is 6.00. The number of nitrogens with one attached hydrogen (secondary N) is 2. The molecule has 2 aromatic rings. The fourth-order valence-electron chi connectivity index (χ4n) is 1.68. The Kier molecular flexibility index (Phi) is 3.79. The summed E-state index contributed by atoms with van der Waals surface area (Å²) in [4.78, 5) is 13.8. The summed E-state index contributed by atoms with van der Waals surface area (Å²) in [5, 5.41) is 21.1. The number of hydrogen-bond donors (Lipinski definition) is 3. The van der Waals surface area contributed by atoms with Crippen LogP contribution in [0.15, 0.2) is 22.0 Å². The number of aromatic amines is 1. The molecule has 1 heterocycles. The lowest BCUT2D eigenvalue weighted by Crippen LogP contribution is -2.15. The molecule has 7 nitrogen and oxygen atoms in total. The first-order chi connectivity index (χ1) is 9.47. The van der Waals surface area contributed by atoms with E-state index in [-0.39, 0.29) is 17.3 Å². The minimum Gasteiger partial charge on any atom is -0.507 e. The smallest absolute Gasteiger partial charge is 0.274 e. The number of phenols is 1. The second-order valence-corrected chi connectivity index (χ2v) is 4.46. The van der Waals surface area contributed by atoms with E-state index in [1.807, 2.05) is 13.8 Å². The van der Waals surface area contributed by atoms with Gasteiger partial charge in [0.25, 0.3) is 5.56 Å². The van der Waals surface area contributed by atoms with E-state index in [1.165, 1.54) is 0 Å². The number of H-pyrrole nitrogens is 1. The van der Waals surface area contributed by atoms with Crippen LogP contribution in [-0.4, -0.2) is 26.5 Å². The maximum Gasteiger partial charge on any atom is 0.274 e. The highest BCUT2D eigenvalue weighted by Crippen LogP contribution is 2.21. The third-order valence-electron chi connectivity index (χ3n) is 2.76. The Balaban J connectivity index is 2.14. The van der Waals surface area contributed by atoms with Crippen molar-refractivity contribution in [2.45, 2.75) is 20.8 Å². The van der Waals surface area contributed by atoms with Crippen molar-refractivity contribution < 1.29 is 5.11 Å². The molecule has 0 aliphatic heterocycles. The second-order valence-electron chi connectivity index (χ2n) is 4.46. The lowest BCUT2D eigenvalue weighted by molar-refractivity contribution is 0.467. The van der Waals surface area contributed by atoms with Crippen molar-refractivity contribution in [2.75, 3.05) is 5.43 Å². The van der Waals surface area contributed by atoms with Crippen LogP contribution in [0.25, 0.3) is 0 Å². The van der Waals surface area contributed by atoms with E-state index in [1.54, 1.807) is 25.3 Å². The number of aryl methyl sites for hydroxylation is 3. The van der Waals surface area contributed by atoms with Crippen LogP contribution in [0.2, 0.25) is 0 Å². The molecule has 0 amide bonds. The Morgan fingerprint density at radius 2 is 1.90 bits per heavy atom. The van der Waals surface area contributed by atoms with Crippen molar-refractivity contribution in [3.63, 3.8) is 0 Å². The predicted octanol–water partition coefficient (Wildman–Crippen LogP) is 1.24. The van der Waals surface area contributed by atoms with Crippen LogP contribution in [0, 0.1) is 20.8 Å². The molecule has 1 aromatic carbocycles. The standard InChI is InChI=1S/C13H15N5O2/c1-7-4-10(5-8(2)11(7)19)6-14-17-13-15-12(20)9(3)16-18-13/h4-6,19H,1-3H3,(H2,15,17,18,20)/b14-6+. The maximum atomic E-state index is 11.3. The monoisotopic (exact) mass is 273 g/mol. The summed E-state index contributed by atoms with van der Waals surface area (Å²) in [6.45, 7) is 5.20. The van der Waals surface area contributed by atoms with Gasteiger partial charge in [-0.25, -0.2) is 5.43 Å². The summed E-state index contributed by atoms with van der Waals surface area (Å²) in [6.07, 6.45) is 1.57. The quantitative estimate of drug-likeness (QED) is 0.576. The lowest BCUT2D eigenvalue weighted by Gasteiger charge is -2.04. The third-order valence-corrected chi connectivity index (χ3v) is 2.76. The molecule has 0 unspecified atom stereocenters. The number of anilines is 1. The van der Waals surface area contributed by atoms with Crippen LogP contribution in [-0.2, 0) is 0 Å². The normalized spacial score (nSPS) is 10.9. The summed E-state index contributed by atoms with van der Waals surface area (Å²) in [5.41, 5.74) is 4.95. The molecule has 0 fully saturated rings. The van der Waals surface area contributed by atoms with Gasteiger partial charge in [-0.05, 0) is 49.6 Å². The average Bonchev–Trinajstić information content (AvgIpc) is 2.40. The van der Waals surface area contributed by atoms with Gasteiger partial charge in [-0.1, -0.05) is 0 Å². The number of aromatic hydroxyl groups is 1. The summed E-state index contributed by atoms with van der Waals surface area (Å²) in [5.74, 6) is 0.452. The summed E-state index contributed by atoms with van der Waals surface area (Å²) in [6, 6.07) is 3.61. The number of benzene rings is 1. The number of phenolic OH excluding ortho intramolecular Hbond substituents is 1. The van der Waals surface area contributed by atoms with Gasteiger partial charge in [0, 0.05) is 0 Å². The fourth-order valence-corrected chi connectivity index (χ4v) is 1.68. The van der Waals surface area contributed by atoms with Gasteiger partial charge in [0.05, 0.1) is 6.21 Å². The van der Waals surface area contributed by atoms with Gasteiger partial charge in [0.1, 0.15) is 11.4 Å². The topological polar surface area (TPSA) is 103 Å². The van der Waals surface area contributed by atoms with Gasteiger partial charge < -0.3 is 5.11 Å². The van der Waals surface area contributed by atoms with E-state index < -0.39 is 0 Å². The van der Waals surface area contributed by atoms with Crippen molar-refractivity contribution in [3.05, 3.63) is 44.9 Å². The zero-order valence-corrected chi connectivity index (χ0v) is 11.4. The third kappa shape index (κ3) is 3.00. The van der Waals surface area contributed by atoms with Crippen LogP contribution < -0.4 is 11.0 Å². The first kappa shape index (κ1) is 13.7. The molecule has 1 aromatic heterocycles. The van der Waals surface area contributed by atoms with Crippen LogP contribution in [0.1, 0.15) is 22.4 Å². The van der Waals surface area contributed by atoms with Gasteiger partial charge in [-0.15, -0.1) is 10.2 Å². The summed E-state index contributed by atoms with van der Waals surface area (Å²) < 4.78 is 0. The number of hydrazone groups is 1.